The Morgan fingerprint density at radius 1 is 1.36 bits per heavy atom. The van der Waals surface area contributed by atoms with E-state index in [-0.39, 0.29) is 6.10 Å². The van der Waals surface area contributed by atoms with E-state index in [9.17, 15) is 0 Å². The molecule has 0 aliphatic heterocycles. The van der Waals surface area contributed by atoms with E-state index in [1.807, 2.05) is 0 Å². The van der Waals surface area contributed by atoms with E-state index in [2.05, 4.69) is 27.3 Å². The quantitative estimate of drug-likeness (QED) is 0.599. The van der Waals surface area contributed by atoms with Crippen molar-refractivity contribution in [3.05, 3.63) is 0 Å². The molecule has 1 atom stereocenters. The van der Waals surface area contributed by atoms with Crippen LogP contribution in [0, 0.1) is 0 Å². The molecule has 0 heterocycles. The molecule has 0 N–H and O–H groups in total. The lowest BCUT2D eigenvalue weighted by Gasteiger charge is -2.26. The molecule has 0 fully saturated rings. The first-order valence-corrected chi connectivity index (χ1v) is 6.79. The van der Waals surface area contributed by atoms with Crippen molar-refractivity contribution in [2.24, 2.45) is 0 Å². The summed E-state index contributed by atoms with van der Waals surface area (Å²) in [6.07, 6.45) is 1.43. The first-order chi connectivity index (χ1) is 5.04. The Kier molecular flexibility index (Phi) is 4.96. The minimum absolute atomic E-state index is 0.290. The SMILES string of the molecule is CCC[Si](C)(OC)OC(C)C. The highest BCUT2D eigenvalue weighted by molar-refractivity contribution is 6.66. The second kappa shape index (κ2) is 4.90. The maximum absolute atomic E-state index is 5.74. The lowest BCUT2D eigenvalue weighted by atomic mass is 10.5. The topological polar surface area (TPSA) is 18.5 Å². The average molecular weight is 176 g/mol. The summed E-state index contributed by atoms with van der Waals surface area (Å²) in [7, 11) is -0.0322. The Morgan fingerprint density at radius 3 is 2.18 bits per heavy atom. The van der Waals surface area contributed by atoms with Crippen molar-refractivity contribution < 1.29 is 8.85 Å². The summed E-state index contributed by atoms with van der Waals surface area (Å²) in [6.45, 7) is 8.39. The van der Waals surface area contributed by atoms with Crippen LogP contribution < -0.4 is 0 Å². The summed E-state index contributed by atoms with van der Waals surface area (Å²) in [5.41, 5.74) is 0. The van der Waals surface area contributed by atoms with Gasteiger partial charge in [-0.1, -0.05) is 13.3 Å². The van der Waals surface area contributed by atoms with E-state index in [0.717, 1.165) is 12.5 Å². The molecule has 0 bridgehead atoms. The van der Waals surface area contributed by atoms with Crippen molar-refractivity contribution in [1.29, 1.82) is 0 Å². The van der Waals surface area contributed by atoms with Gasteiger partial charge < -0.3 is 8.85 Å². The highest BCUT2D eigenvalue weighted by Gasteiger charge is 2.29. The smallest absolute Gasteiger partial charge is 0.334 e. The van der Waals surface area contributed by atoms with Gasteiger partial charge in [-0.3, -0.25) is 0 Å². The Bertz CT molecular complexity index is 106. The van der Waals surface area contributed by atoms with Gasteiger partial charge in [-0.25, -0.2) is 0 Å². The Hall–Kier alpha value is 0.137. The molecule has 0 radical (unpaired) electrons. The molecule has 0 aliphatic carbocycles. The van der Waals surface area contributed by atoms with Gasteiger partial charge in [-0.2, -0.15) is 0 Å². The Morgan fingerprint density at radius 2 is 1.91 bits per heavy atom. The highest BCUT2D eigenvalue weighted by Crippen LogP contribution is 2.16. The molecule has 0 rings (SSSR count). The second-order valence-electron chi connectivity index (χ2n) is 3.25. The fraction of sp³-hybridized carbons (Fsp3) is 1.00. The van der Waals surface area contributed by atoms with Crippen LogP contribution >= 0.6 is 0 Å². The van der Waals surface area contributed by atoms with Gasteiger partial charge in [-0.05, 0) is 26.4 Å². The largest absolute Gasteiger partial charge is 0.398 e. The molecule has 0 saturated carbocycles. The van der Waals surface area contributed by atoms with Gasteiger partial charge in [0, 0.05) is 13.2 Å². The van der Waals surface area contributed by atoms with Crippen LogP contribution in [-0.2, 0) is 8.85 Å². The van der Waals surface area contributed by atoms with Crippen LogP contribution in [0.15, 0.2) is 0 Å². The summed E-state index contributed by atoms with van der Waals surface area (Å²) >= 11 is 0. The van der Waals surface area contributed by atoms with Gasteiger partial charge in [0.1, 0.15) is 0 Å². The fourth-order valence-electron chi connectivity index (χ4n) is 1.16. The molecule has 68 valence electrons. The van der Waals surface area contributed by atoms with Crippen molar-refractivity contribution in [1.82, 2.24) is 0 Å². The van der Waals surface area contributed by atoms with E-state index in [4.69, 9.17) is 8.85 Å². The van der Waals surface area contributed by atoms with Gasteiger partial charge in [0.2, 0.25) is 0 Å². The number of hydrogen-bond acceptors (Lipinski definition) is 2. The molecule has 0 aliphatic rings. The maximum atomic E-state index is 5.74. The summed E-state index contributed by atoms with van der Waals surface area (Å²) in [5, 5.41) is 0. The van der Waals surface area contributed by atoms with E-state index >= 15 is 0 Å². The van der Waals surface area contributed by atoms with Crippen LogP contribution in [0.3, 0.4) is 0 Å². The van der Waals surface area contributed by atoms with Crippen LogP contribution in [0.1, 0.15) is 27.2 Å². The van der Waals surface area contributed by atoms with Crippen molar-refractivity contribution in [2.45, 2.75) is 45.9 Å². The molecular formula is C8H20O2Si. The molecule has 0 aromatic heterocycles. The number of rotatable bonds is 5. The van der Waals surface area contributed by atoms with Crippen molar-refractivity contribution in [2.75, 3.05) is 7.11 Å². The molecule has 2 nitrogen and oxygen atoms in total. The minimum Gasteiger partial charge on any atom is -0.398 e. The van der Waals surface area contributed by atoms with Crippen molar-refractivity contribution >= 4 is 8.56 Å². The Labute approximate surface area is 71.1 Å². The van der Waals surface area contributed by atoms with Gasteiger partial charge in [-0.15, -0.1) is 0 Å². The van der Waals surface area contributed by atoms with E-state index < -0.39 is 8.56 Å². The maximum Gasteiger partial charge on any atom is 0.334 e. The number of hydrogen-bond donors (Lipinski definition) is 0. The zero-order valence-corrected chi connectivity index (χ0v) is 9.31. The van der Waals surface area contributed by atoms with Gasteiger partial charge in [0.05, 0.1) is 0 Å². The molecule has 0 aromatic rings. The van der Waals surface area contributed by atoms with Crippen molar-refractivity contribution in [3.63, 3.8) is 0 Å². The van der Waals surface area contributed by atoms with Gasteiger partial charge in [0.15, 0.2) is 0 Å². The molecule has 0 saturated heterocycles. The molecule has 0 spiro atoms. The third-order valence-corrected chi connectivity index (χ3v) is 4.86. The fourth-order valence-corrected chi connectivity index (χ4v) is 3.49. The second-order valence-corrected chi connectivity index (χ2v) is 6.67. The average Bonchev–Trinajstić information content (AvgIpc) is 1.87. The highest BCUT2D eigenvalue weighted by atomic mass is 28.4. The zero-order valence-electron chi connectivity index (χ0n) is 8.31. The molecule has 0 amide bonds. The third-order valence-electron chi connectivity index (χ3n) is 1.62. The predicted octanol–water partition coefficient (Wildman–Crippen LogP) is 2.54. The molecule has 11 heavy (non-hydrogen) atoms. The molecular weight excluding hydrogens is 156 g/mol. The Balaban J connectivity index is 3.87. The predicted molar refractivity (Wildman–Crippen MR) is 49.9 cm³/mol. The molecule has 1 unspecified atom stereocenters. The van der Waals surface area contributed by atoms with Gasteiger partial charge in [0.25, 0.3) is 0 Å². The lowest BCUT2D eigenvalue weighted by molar-refractivity contribution is 0.157. The zero-order chi connectivity index (χ0) is 8.91. The summed E-state index contributed by atoms with van der Waals surface area (Å²) in [5.74, 6) is 0. The summed E-state index contributed by atoms with van der Waals surface area (Å²) < 4.78 is 11.1. The lowest BCUT2D eigenvalue weighted by Crippen LogP contribution is -2.39. The normalized spacial score (nSPS) is 16.9. The van der Waals surface area contributed by atoms with Crippen molar-refractivity contribution in [3.8, 4) is 0 Å². The standard InChI is InChI=1S/C8H20O2Si/c1-6-7-11(5,9-4)10-8(2)3/h8H,6-7H2,1-5H3. The monoisotopic (exact) mass is 176 g/mol. The van der Waals surface area contributed by atoms with Crippen LogP contribution in [0.4, 0.5) is 0 Å². The van der Waals surface area contributed by atoms with E-state index in [1.54, 1.807) is 7.11 Å². The first kappa shape index (κ1) is 11.1. The van der Waals surface area contributed by atoms with Crippen LogP contribution in [0.5, 0.6) is 0 Å². The van der Waals surface area contributed by atoms with Crippen LogP contribution in [0.25, 0.3) is 0 Å². The van der Waals surface area contributed by atoms with E-state index in [0.29, 0.717) is 0 Å². The molecule has 3 heteroatoms. The third kappa shape index (κ3) is 4.56. The van der Waals surface area contributed by atoms with Crippen LogP contribution in [0.2, 0.25) is 12.6 Å². The molecule has 0 aromatic carbocycles. The van der Waals surface area contributed by atoms with Gasteiger partial charge >= 0.3 is 8.56 Å². The van der Waals surface area contributed by atoms with Crippen LogP contribution in [-0.4, -0.2) is 21.8 Å². The summed E-state index contributed by atoms with van der Waals surface area (Å²) in [6, 6.07) is 1.08. The van der Waals surface area contributed by atoms with E-state index in [1.165, 1.54) is 0 Å². The summed E-state index contributed by atoms with van der Waals surface area (Å²) in [4.78, 5) is 0. The minimum atomic E-state index is -1.79. The first-order valence-electron chi connectivity index (χ1n) is 4.27.